The minimum atomic E-state index is -0.837. The van der Waals surface area contributed by atoms with Crippen molar-refractivity contribution in [2.24, 2.45) is 0 Å². The third-order valence-corrected chi connectivity index (χ3v) is 3.03. The van der Waals surface area contributed by atoms with E-state index >= 15 is 0 Å². The average Bonchev–Trinajstić information content (AvgIpc) is 2.39. The van der Waals surface area contributed by atoms with Crippen molar-refractivity contribution in [1.29, 1.82) is 0 Å². The Balaban J connectivity index is 2.29. The lowest BCUT2D eigenvalue weighted by atomic mass is 10.1. The van der Waals surface area contributed by atoms with Gasteiger partial charge in [0.05, 0.1) is 6.10 Å². The van der Waals surface area contributed by atoms with E-state index in [-0.39, 0.29) is 5.82 Å². The van der Waals surface area contributed by atoms with Gasteiger partial charge in [0.2, 0.25) is 0 Å². The number of halogens is 1. The van der Waals surface area contributed by atoms with Gasteiger partial charge in [-0.2, -0.15) is 0 Å². The number of pyridine rings is 1. The van der Waals surface area contributed by atoms with Gasteiger partial charge in [0.25, 0.3) is 0 Å². The van der Waals surface area contributed by atoms with E-state index < -0.39 is 6.10 Å². The summed E-state index contributed by atoms with van der Waals surface area (Å²) < 4.78 is 13.8. The Labute approximate surface area is 112 Å². The van der Waals surface area contributed by atoms with Crippen LogP contribution in [0.1, 0.15) is 24.2 Å². The van der Waals surface area contributed by atoms with E-state index in [4.69, 9.17) is 0 Å². The van der Waals surface area contributed by atoms with Gasteiger partial charge in [-0.1, -0.05) is 6.07 Å². The average molecular weight is 260 g/mol. The molecule has 0 saturated carbocycles. The van der Waals surface area contributed by atoms with Crippen LogP contribution >= 0.6 is 0 Å². The van der Waals surface area contributed by atoms with E-state index in [0.29, 0.717) is 17.8 Å². The molecule has 0 bridgehead atoms. The lowest BCUT2D eigenvalue weighted by Crippen LogP contribution is -2.19. The molecule has 0 spiro atoms. The molecule has 1 N–H and O–H groups in total. The van der Waals surface area contributed by atoms with Crippen molar-refractivity contribution < 1.29 is 9.50 Å². The van der Waals surface area contributed by atoms with Gasteiger partial charge >= 0.3 is 0 Å². The van der Waals surface area contributed by atoms with Gasteiger partial charge < -0.3 is 10.0 Å². The summed E-state index contributed by atoms with van der Waals surface area (Å²) in [6, 6.07) is 8.66. The second-order valence-corrected chi connectivity index (χ2v) is 4.56. The Morgan fingerprint density at radius 2 is 1.95 bits per heavy atom. The Kier molecular flexibility index (Phi) is 4.12. The summed E-state index contributed by atoms with van der Waals surface area (Å²) in [6.45, 7) is 2.20. The first-order valence-corrected chi connectivity index (χ1v) is 6.16. The highest BCUT2D eigenvalue weighted by Crippen LogP contribution is 2.29. The number of benzene rings is 1. The normalized spacial score (nSPS) is 12.2. The fourth-order valence-electron chi connectivity index (χ4n) is 2.12. The molecule has 2 aromatic rings. The molecule has 0 aliphatic rings. The highest BCUT2D eigenvalue weighted by atomic mass is 19.1. The molecule has 1 aromatic carbocycles. The summed E-state index contributed by atoms with van der Waals surface area (Å²) in [5.74, 6) is -0.380. The predicted molar refractivity (Wildman–Crippen MR) is 73.4 cm³/mol. The van der Waals surface area contributed by atoms with E-state index in [9.17, 15) is 9.50 Å². The number of nitrogens with zero attached hydrogens (tertiary/aromatic N) is 2. The fourth-order valence-corrected chi connectivity index (χ4v) is 2.12. The van der Waals surface area contributed by atoms with Crippen LogP contribution in [0.5, 0.6) is 0 Å². The molecule has 4 heteroatoms. The van der Waals surface area contributed by atoms with Crippen LogP contribution in [0.25, 0.3) is 0 Å². The summed E-state index contributed by atoms with van der Waals surface area (Å²) in [5, 5.41) is 9.72. The summed E-state index contributed by atoms with van der Waals surface area (Å²) in [5.41, 5.74) is 2.11. The van der Waals surface area contributed by atoms with Crippen molar-refractivity contribution in [1.82, 2.24) is 4.98 Å². The first kappa shape index (κ1) is 13.5. The first-order chi connectivity index (χ1) is 9.09. The number of aliphatic hydroxyl groups is 1. The number of aromatic nitrogens is 1. The molecule has 19 heavy (non-hydrogen) atoms. The molecular weight excluding hydrogens is 243 g/mol. The maximum Gasteiger partial charge on any atom is 0.131 e. The van der Waals surface area contributed by atoms with Crippen LogP contribution in [0.2, 0.25) is 0 Å². The molecule has 2 rings (SSSR count). The zero-order valence-corrected chi connectivity index (χ0v) is 11.0. The SMILES string of the molecule is CC(O)c1c(F)cccc1N(C)Cc1ccncc1. The summed E-state index contributed by atoms with van der Waals surface area (Å²) in [4.78, 5) is 5.88. The largest absolute Gasteiger partial charge is 0.389 e. The third kappa shape index (κ3) is 3.09. The second kappa shape index (κ2) is 5.80. The van der Waals surface area contributed by atoms with Gasteiger partial charge in [0.15, 0.2) is 0 Å². The van der Waals surface area contributed by atoms with Crippen LogP contribution in [-0.2, 0) is 6.54 Å². The summed E-state index contributed by atoms with van der Waals surface area (Å²) >= 11 is 0. The van der Waals surface area contributed by atoms with Crippen LogP contribution in [0.15, 0.2) is 42.7 Å². The molecule has 3 nitrogen and oxygen atoms in total. The van der Waals surface area contributed by atoms with E-state index in [2.05, 4.69) is 4.98 Å². The fraction of sp³-hybridized carbons (Fsp3) is 0.267. The highest BCUT2D eigenvalue weighted by molar-refractivity contribution is 5.54. The molecule has 100 valence electrons. The molecular formula is C15H17FN2O. The van der Waals surface area contributed by atoms with E-state index in [1.807, 2.05) is 30.1 Å². The van der Waals surface area contributed by atoms with Crippen LogP contribution < -0.4 is 4.90 Å². The van der Waals surface area contributed by atoms with E-state index in [1.54, 1.807) is 25.4 Å². The Morgan fingerprint density at radius 3 is 2.58 bits per heavy atom. The maximum absolute atomic E-state index is 13.8. The van der Waals surface area contributed by atoms with E-state index in [1.165, 1.54) is 6.07 Å². The molecule has 0 amide bonds. The molecule has 0 aliphatic carbocycles. The van der Waals surface area contributed by atoms with Crippen molar-refractivity contribution in [3.63, 3.8) is 0 Å². The Morgan fingerprint density at radius 1 is 1.26 bits per heavy atom. The smallest absolute Gasteiger partial charge is 0.131 e. The van der Waals surface area contributed by atoms with Crippen molar-refractivity contribution in [2.75, 3.05) is 11.9 Å². The highest BCUT2D eigenvalue weighted by Gasteiger charge is 2.16. The quantitative estimate of drug-likeness (QED) is 0.918. The van der Waals surface area contributed by atoms with Crippen LogP contribution in [0, 0.1) is 5.82 Å². The van der Waals surface area contributed by atoms with E-state index in [0.717, 1.165) is 5.56 Å². The first-order valence-electron chi connectivity index (χ1n) is 6.16. The third-order valence-electron chi connectivity index (χ3n) is 3.03. The summed E-state index contributed by atoms with van der Waals surface area (Å²) in [6.07, 6.45) is 2.62. The molecule has 1 atom stereocenters. The lowest BCUT2D eigenvalue weighted by Gasteiger charge is -2.24. The van der Waals surface area contributed by atoms with Crippen molar-refractivity contribution in [2.45, 2.75) is 19.6 Å². The minimum absolute atomic E-state index is 0.332. The Bertz CT molecular complexity index is 543. The topological polar surface area (TPSA) is 36.4 Å². The lowest BCUT2D eigenvalue weighted by molar-refractivity contribution is 0.194. The van der Waals surface area contributed by atoms with Gasteiger partial charge in [-0.3, -0.25) is 4.98 Å². The zero-order chi connectivity index (χ0) is 13.8. The molecule has 0 saturated heterocycles. The number of hydrogen-bond acceptors (Lipinski definition) is 3. The Hall–Kier alpha value is -1.94. The second-order valence-electron chi connectivity index (χ2n) is 4.56. The molecule has 1 unspecified atom stereocenters. The molecule has 0 fully saturated rings. The molecule has 1 heterocycles. The molecule has 0 aliphatic heterocycles. The van der Waals surface area contributed by atoms with Crippen molar-refractivity contribution in [3.8, 4) is 0 Å². The van der Waals surface area contributed by atoms with Gasteiger partial charge in [-0.15, -0.1) is 0 Å². The molecule has 0 radical (unpaired) electrons. The zero-order valence-electron chi connectivity index (χ0n) is 11.0. The number of aliphatic hydroxyl groups excluding tert-OH is 1. The van der Waals surface area contributed by atoms with Crippen LogP contribution in [0.4, 0.5) is 10.1 Å². The van der Waals surface area contributed by atoms with Crippen LogP contribution in [0.3, 0.4) is 0 Å². The minimum Gasteiger partial charge on any atom is -0.389 e. The number of anilines is 1. The maximum atomic E-state index is 13.8. The van der Waals surface area contributed by atoms with Crippen molar-refractivity contribution >= 4 is 5.69 Å². The monoisotopic (exact) mass is 260 g/mol. The van der Waals surface area contributed by atoms with Crippen molar-refractivity contribution in [3.05, 3.63) is 59.7 Å². The number of rotatable bonds is 4. The van der Waals surface area contributed by atoms with Gasteiger partial charge in [-0.25, -0.2) is 4.39 Å². The van der Waals surface area contributed by atoms with Gasteiger partial charge in [0, 0.05) is 37.2 Å². The standard InChI is InChI=1S/C15H17FN2O/c1-11(19)15-13(16)4-3-5-14(15)18(2)10-12-6-8-17-9-7-12/h3-9,11,19H,10H2,1-2H3. The predicted octanol–water partition coefficient (Wildman–Crippen LogP) is 2.91. The van der Waals surface area contributed by atoms with Gasteiger partial charge in [0.1, 0.15) is 5.82 Å². The van der Waals surface area contributed by atoms with Crippen LogP contribution in [-0.4, -0.2) is 17.1 Å². The molecule has 1 aromatic heterocycles. The number of hydrogen-bond donors (Lipinski definition) is 1. The summed E-state index contributed by atoms with van der Waals surface area (Å²) in [7, 11) is 1.88. The van der Waals surface area contributed by atoms with Gasteiger partial charge in [-0.05, 0) is 36.8 Å².